The van der Waals surface area contributed by atoms with Gasteiger partial charge in [0.15, 0.2) is 0 Å². The Balaban J connectivity index is 1.63. The summed E-state index contributed by atoms with van der Waals surface area (Å²) in [7, 11) is 0. The average molecular weight is 376 g/mol. The SMILES string of the molecule is Cc1ccc(O)c(C2=NN3[C@@H](C2)c2ccccc2O[C@H]3c2sccc2C)c1. The standard InChI is InChI=1S/C22H20N2O2S/c1-13-7-8-19(25)16(11-13)17-12-18-15-5-3-4-6-20(15)26-22(24(18)23-17)21-14(2)9-10-27-21/h3-11,18,22,25H,12H2,1-2H3/t18-,22-/m0/s1. The number of benzene rings is 2. The maximum absolute atomic E-state index is 10.4. The summed E-state index contributed by atoms with van der Waals surface area (Å²) < 4.78 is 6.38. The minimum atomic E-state index is -0.241. The van der Waals surface area contributed by atoms with Gasteiger partial charge in [-0.05, 0) is 49.1 Å². The number of ether oxygens (including phenoxy) is 1. The fourth-order valence-corrected chi connectivity index (χ4v) is 4.83. The van der Waals surface area contributed by atoms with Gasteiger partial charge in [0, 0.05) is 17.5 Å². The summed E-state index contributed by atoms with van der Waals surface area (Å²) in [5.74, 6) is 1.19. The molecule has 0 amide bonds. The van der Waals surface area contributed by atoms with Crippen LogP contribution in [0.1, 0.15) is 45.8 Å². The van der Waals surface area contributed by atoms with E-state index in [1.54, 1.807) is 17.4 Å². The first-order valence-electron chi connectivity index (χ1n) is 9.07. The summed E-state index contributed by atoms with van der Waals surface area (Å²) in [5.41, 5.74) is 5.18. The summed E-state index contributed by atoms with van der Waals surface area (Å²) >= 11 is 1.70. The van der Waals surface area contributed by atoms with Gasteiger partial charge in [-0.3, -0.25) is 0 Å². The zero-order valence-electron chi connectivity index (χ0n) is 15.2. The monoisotopic (exact) mass is 376 g/mol. The summed E-state index contributed by atoms with van der Waals surface area (Å²) in [4.78, 5) is 1.17. The average Bonchev–Trinajstić information content (AvgIpc) is 3.30. The van der Waals surface area contributed by atoms with E-state index in [0.29, 0.717) is 0 Å². The molecule has 5 rings (SSSR count). The Morgan fingerprint density at radius 3 is 2.81 bits per heavy atom. The molecule has 3 heterocycles. The van der Waals surface area contributed by atoms with Crippen molar-refractivity contribution in [1.29, 1.82) is 0 Å². The van der Waals surface area contributed by atoms with Gasteiger partial charge in [0.1, 0.15) is 11.5 Å². The van der Waals surface area contributed by atoms with Crippen LogP contribution in [0.3, 0.4) is 0 Å². The molecule has 0 saturated carbocycles. The van der Waals surface area contributed by atoms with Crippen molar-refractivity contribution in [3.8, 4) is 11.5 Å². The molecule has 136 valence electrons. The van der Waals surface area contributed by atoms with Crippen molar-refractivity contribution in [3.05, 3.63) is 81.0 Å². The lowest BCUT2D eigenvalue weighted by atomic mass is 9.95. The maximum Gasteiger partial charge on any atom is 0.223 e. The lowest BCUT2D eigenvalue weighted by Gasteiger charge is -2.37. The highest BCUT2D eigenvalue weighted by Crippen LogP contribution is 2.49. The number of aromatic hydroxyl groups is 1. The van der Waals surface area contributed by atoms with E-state index in [-0.39, 0.29) is 18.0 Å². The Morgan fingerprint density at radius 2 is 2.00 bits per heavy atom. The summed E-state index contributed by atoms with van der Waals surface area (Å²) in [6, 6.07) is 16.1. The third-order valence-electron chi connectivity index (χ3n) is 5.29. The van der Waals surface area contributed by atoms with Crippen molar-refractivity contribution < 1.29 is 9.84 Å². The molecule has 2 aliphatic rings. The van der Waals surface area contributed by atoms with E-state index < -0.39 is 0 Å². The predicted octanol–water partition coefficient (Wildman–Crippen LogP) is 5.31. The number of rotatable bonds is 2. The number of fused-ring (bicyclic) bond motifs is 3. The van der Waals surface area contributed by atoms with Crippen molar-refractivity contribution in [3.63, 3.8) is 0 Å². The Kier molecular flexibility index (Phi) is 3.72. The van der Waals surface area contributed by atoms with Gasteiger partial charge in [0.2, 0.25) is 6.23 Å². The van der Waals surface area contributed by atoms with E-state index in [9.17, 15) is 5.11 Å². The van der Waals surface area contributed by atoms with Gasteiger partial charge in [-0.1, -0.05) is 29.8 Å². The second kappa shape index (κ2) is 6.13. The number of phenols is 1. The van der Waals surface area contributed by atoms with Crippen molar-refractivity contribution >= 4 is 17.0 Å². The largest absolute Gasteiger partial charge is 0.507 e. The molecule has 1 aromatic heterocycles. The second-order valence-electron chi connectivity index (χ2n) is 7.14. The molecular formula is C22H20N2O2S. The summed E-state index contributed by atoms with van der Waals surface area (Å²) in [6.07, 6.45) is 0.507. The van der Waals surface area contributed by atoms with Crippen LogP contribution in [-0.2, 0) is 0 Å². The van der Waals surface area contributed by atoms with Gasteiger partial charge in [-0.15, -0.1) is 11.3 Å². The van der Waals surface area contributed by atoms with Crippen molar-refractivity contribution in [2.24, 2.45) is 5.10 Å². The highest BCUT2D eigenvalue weighted by molar-refractivity contribution is 7.10. The van der Waals surface area contributed by atoms with Gasteiger partial charge in [-0.25, -0.2) is 5.01 Å². The highest BCUT2D eigenvalue weighted by atomic mass is 32.1. The van der Waals surface area contributed by atoms with Crippen molar-refractivity contribution in [2.75, 3.05) is 0 Å². The fourth-order valence-electron chi connectivity index (χ4n) is 3.89. The number of para-hydroxylation sites is 1. The molecule has 0 unspecified atom stereocenters. The van der Waals surface area contributed by atoms with Crippen LogP contribution in [0.2, 0.25) is 0 Å². The molecule has 3 aromatic rings. The number of hydrogen-bond acceptors (Lipinski definition) is 5. The molecular weight excluding hydrogens is 356 g/mol. The Morgan fingerprint density at radius 1 is 1.15 bits per heavy atom. The first-order valence-corrected chi connectivity index (χ1v) is 9.95. The van der Waals surface area contributed by atoms with Crippen LogP contribution >= 0.6 is 11.3 Å². The van der Waals surface area contributed by atoms with E-state index in [1.165, 1.54) is 10.4 Å². The van der Waals surface area contributed by atoms with Gasteiger partial charge in [-0.2, -0.15) is 5.10 Å². The van der Waals surface area contributed by atoms with Gasteiger partial charge in [0.25, 0.3) is 0 Å². The van der Waals surface area contributed by atoms with Gasteiger partial charge < -0.3 is 9.84 Å². The fraction of sp³-hybridized carbons (Fsp3) is 0.227. The minimum absolute atomic E-state index is 0.108. The van der Waals surface area contributed by atoms with Gasteiger partial charge >= 0.3 is 0 Å². The number of aryl methyl sites for hydroxylation is 2. The van der Waals surface area contributed by atoms with Crippen LogP contribution in [0.25, 0.3) is 0 Å². The molecule has 0 radical (unpaired) electrons. The molecule has 0 bridgehead atoms. The van der Waals surface area contributed by atoms with Crippen LogP contribution in [0, 0.1) is 13.8 Å². The summed E-state index contributed by atoms with van der Waals surface area (Å²) in [5, 5.41) is 19.5. The first kappa shape index (κ1) is 16.4. The second-order valence-corrected chi connectivity index (χ2v) is 8.09. The third kappa shape index (κ3) is 2.61. The molecule has 0 spiro atoms. The molecule has 2 aromatic carbocycles. The molecule has 1 N–H and O–H groups in total. The Hall–Kier alpha value is -2.79. The molecule has 27 heavy (non-hydrogen) atoms. The zero-order chi connectivity index (χ0) is 18.5. The van der Waals surface area contributed by atoms with E-state index in [2.05, 4.69) is 29.4 Å². The van der Waals surface area contributed by atoms with E-state index >= 15 is 0 Å². The maximum atomic E-state index is 10.4. The zero-order valence-corrected chi connectivity index (χ0v) is 16.0. The minimum Gasteiger partial charge on any atom is -0.507 e. The smallest absolute Gasteiger partial charge is 0.223 e. The molecule has 5 heteroatoms. The molecule has 2 atom stereocenters. The quantitative estimate of drug-likeness (QED) is 0.659. The highest BCUT2D eigenvalue weighted by Gasteiger charge is 2.42. The first-order chi connectivity index (χ1) is 13.1. The van der Waals surface area contributed by atoms with Gasteiger partial charge in [0.05, 0.1) is 16.6 Å². The van der Waals surface area contributed by atoms with E-state index in [0.717, 1.165) is 34.6 Å². The lowest BCUT2D eigenvalue weighted by molar-refractivity contribution is -0.0169. The molecule has 0 aliphatic carbocycles. The Labute approximate surface area is 162 Å². The molecule has 2 aliphatic heterocycles. The van der Waals surface area contributed by atoms with Crippen LogP contribution in [0.4, 0.5) is 0 Å². The lowest BCUT2D eigenvalue weighted by Crippen LogP contribution is -2.33. The number of hydrazone groups is 1. The predicted molar refractivity (Wildman–Crippen MR) is 107 cm³/mol. The number of hydrogen-bond donors (Lipinski definition) is 1. The molecule has 0 fully saturated rings. The van der Waals surface area contributed by atoms with Crippen LogP contribution in [0.5, 0.6) is 11.5 Å². The van der Waals surface area contributed by atoms with Crippen LogP contribution < -0.4 is 4.74 Å². The number of nitrogens with zero attached hydrogens (tertiary/aromatic N) is 2. The topological polar surface area (TPSA) is 45.1 Å². The van der Waals surface area contributed by atoms with E-state index in [4.69, 9.17) is 9.84 Å². The molecule has 4 nitrogen and oxygen atoms in total. The molecule has 0 saturated heterocycles. The number of phenolic OH excluding ortho intramolecular Hbond substituents is 1. The number of thiophene rings is 1. The van der Waals surface area contributed by atoms with Crippen molar-refractivity contribution in [2.45, 2.75) is 32.5 Å². The normalized spacial score (nSPS) is 20.7. The van der Waals surface area contributed by atoms with Crippen LogP contribution in [-0.4, -0.2) is 15.8 Å². The Bertz CT molecular complexity index is 1060. The summed E-state index contributed by atoms with van der Waals surface area (Å²) in [6.45, 7) is 4.14. The van der Waals surface area contributed by atoms with Crippen LogP contribution in [0.15, 0.2) is 59.0 Å². The third-order valence-corrected chi connectivity index (χ3v) is 6.34. The van der Waals surface area contributed by atoms with Crippen molar-refractivity contribution in [1.82, 2.24) is 5.01 Å². The van der Waals surface area contributed by atoms with E-state index in [1.807, 2.05) is 37.3 Å².